The summed E-state index contributed by atoms with van der Waals surface area (Å²) in [5, 5.41) is 6.38. The molecule has 0 unspecified atom stereocenters. The van der Waals surface area contributed by atoms with Crippen LogP contribution in [0.1, 0.15) is 22.3 Å². The van der Waals surface area contributed by atoms with E-state index >= 15 is 0 Å². The monoisotopic (exact) mass is 456 g/mol. The molecule has 0 N–H and O–H groups in total. The Morgan fingerprint density at radius 3 is 1.41 bits per heavy atom. The van der Waals surface area contributed by atoms with Crippen LogP contribution < -0.4 is 0 Å². The average molecular weight is 458 g/mol. The summed E-state index contributed by atoms with van der Waals surface area (Å²) in [6.45, 7) is 6.03. The zero-order chi connectivity index (χ0) is 20.7. The number of hydrogen-bond donors (Lipinski definition) is 0. The van der Waals surface area contributed by atoms with Crippen molar-refractivity contribution in [2.24, 2.45) is 0 Å². The zero-order valence-electron chi connectivity index (χ0n) is 15.6. The number of halogens is 4. The highest BCUT2D eigenvalue weighted by Crippen LogP contribution is 2.32. The Balaban J connectivity index is 1.81. The van der Waals surface area contributed by atoms with E-state index in [9.17, 15) is 0 Å². The molecule has 144 valence electrons. The molecule has 4 rings (SSSR count). The Morgan fingerprint density at radius 1 is 0.552 bits per heavy atom. The van der Waals surface area contributed by atoms with Crippen LogP contribution in [0, 0.1) is 6.92 Å². The Bertz CT molecular complexity index is 1320. The molecule has 4 aromatic carbocycles. The van der Waals surface area contributed by atoms with Gasteiger partial charge in [-0.15, -0.1) is 0 Å². The van der Waals surface area contributed by atoms with Crippen molar-refractivity contribution in [2.75, 3.05) is 0 Å². The predicted octanol–water partition coefficient (Wildman–Crippen LogP) is 9.73. The van der Waals surface area contributed by atoms with Crippen LogP contribution in [0.2, 0.25) is 20.1 Å². The first-order chi connectivity index (χ1) is 13.9. The van der Waals surface area contributed by atoms with E-state index in [0.717, 1.165) is 43.8 Å². The molecule has 0 bridgehead atoms. The second-order valence-electron chi connectivity index (χ2n) is 6.95. The minimum Gasteiger partial charge on any atom is -0.0984 e. The quantitative estimate of drug-likeness (QED) is 0.268. The Morgan fingerprint density at radius 2 is 0.931 bits per heavy atom. The SMILES string of the molecule is C=Cc1cc2cc(Cl)c(Cl)cc2cc1/C=C\c1cc2cc(Cl)c(Cl)cc2cc1C. The molecule has 29 heavy (non-hydrogen) atoms. The number of hydrogen-bond acceptors (Lipinski definition) is 0. The maximum atomic E-state index is 6.20. The van der Waals surface area contributed by atoms with Crippen molar-refractivity contribution in [1.29, 1.82) is 0 Å². The predicted molar refractivity (Wildman–Crippen MR) is 132 cm³/mol. The summed E-state index contributed by atoms with van der Waals surface area (Å²) < 4.78 is 0. The lowest BCUT2D eigenvalue weighted by molar-refractivity contribution is 1.47. The first kappa shape index (κ1) is 20.3. The fourth-order valence-electron chi connectivity index (χ4n) is 3.44. The van der Waals surface area contributed by atoms with E-state index in [1.54, 1.807) is 0 Å². The van der Waals surface area contributed by atoms with Gasteiger partial charge in [-0.2, -0.15) is 0 Å². The maximum Gasteiger partial charge on any atom is 0.0598 e. The molecule has 0 amide bonds. The molecule has 0 nitrogen and oxygen atoms in total. The lowest BCUT2D eigenvalue weighted by atomic mass is 9.98. The van der Waals surface area contributed by atoms with Gasteiger partial charge in [0, 0.05) is 0 Å². The number of aryl methyl sites for hydroxylation is 1. The van der Waals surface area contributed by atoms with Gasteiger partial charge in [0.2, 0.25) is 0 Å². The Kier molecular flexibility index (Phi) is 5.64. The van der Waals surface area contributed by atoms with Crippen molar-refractivity contribution < 1.29 is 0 Å². The van der Waals surface area contributed by atoms with Crippen LogP contribution in [-0.4, -0.2) is 0 Å². The minimum absolute atomic E-state index is 0.543. The molecular weight excluding hydrogens is 442 g/mol. The van der Waals surface area contributed by atoms with Crippen molar-refractivity contribution in [3.8, 4) is 0 Å². The standard InChI is InChI=1S/C25H16Cl4/c1-3-15-7-19-11-23(27)25(29)13-21(19)9-17(15)5-4-16-8-20-12-24(28)22(26)10-18(20)6-14(16)2/h3-13H,1H2,2H3/b5-4-. The lowest BCUT2D eigenvalue weighted by Crippen LogP contribution is -1.86. The highest BCUT2D eigenvalue weighted by Gasteiger charge is 2.07. The largest absolute Gasteiger partial charge is 0.0984 e. The molecule has 4 heteroatoms. The molecule has 0 aromatic heterocycles. The van der Waals surface area contributed by atoms with E-state index in [1.165, 1.54) is 0 Å². The average Bonchev–Trinajstić information content (AvgIpc) is 2.68. The fourth-order valence-corrected chi connectivity index (χ4v) is 4.12. The third-order valence-corrected chi connectivity index (χ3v) is 6.45. The van der Waals surface area contributed by atoms with Gasteiger partial charge in [-0.1, -0.05) is 77.3 Å². The van der Waals surface area contributed by atoms with Crippen molar-refractivity contribution in [1.82, 2.24) is 0 Å². The second kappa shape index (κ2) is 8.05. The molecule has 0 spiro atoms. The first-order valence-electron chi connectivity index (χ1n) is 8.98. The number of fused-ring (bicyclic) bond motifs is 2. The normalized spacial score (nSPS) is 11.6. The molecule has 0 saturated carbocycles. The second-order valence-corrected chi connectivity index (χ2v) is 8.58. The number of rotatable bonds is 3. The lowest BCUT2D eigenvalue weighted by Gasteiger charge is -2.09. The zero-order valence-corrected chi connectivity index (χ0v) is 18.6. The van der Waals surface area contributed by atoms with E-state index in [2.05, 4.69) is 49.9 Å². The molecular formula is C25H16Cl4. The molecule has 0 atom stereocenters. The van der Waals surface area contributed by atoms with Gasteiger partial charge in [0.25, 0.3) is 0 Å². The van der Waals surface area contributed by atoms with Crippen LogP contribution in [0.3, 0.4) is 0 Å². The van der Waals surface area contributed by atoms with Crippen LogP contribution in [0.5, 0.6) is 0 Å². The Labute approximate surface area is 190 Å². The van der Waals surface area contributed by atoms with Gasteiger partial charge < -0.3 is 0 Å². The van der Waals surface area contributed by atoms with Crippen LogP contribution in [0.25, 0.3) is 39.8 Å². The van der Waals surface area contributed by atoms with Crippen LogP contribution in [0.4, 0.5) is 0 Å². The molecule has 0 aliphatic carbocycles. The first-order valence-corrected chi connectivity index (χ1v) is 10.5. The summed E-state index contributed by atoms with van der Waals surface area (Å²) in [7, 11) is 0. The summed E-state index contributed by atoms with van der Waals surface area (Å²) in [5.41, 5.74) is 4.35. The summed E-state index contributed by atoms with van der Waals surface area (Å²) in [6, 6.07) is 16.0. The van der Waals surface area contributed by atoms with E-state index < -0.39 is 0 Å². The number of benzene rings is 4. The van der Waals surface area contributed by atoms with E-state index in [4.69, 9.17) is 46.4 Å². The summed E-state index contributed by atoms with van der Waals surface area (Å²) in [4.78, 5) is 0. The van der Waals surface area contributed by atoms with Crippen LogP contribution >= 0.6 is 46.4 Å². The Hall–Kier alpha value is -1.96. The van der Waals surface area contributed by atoms with Gasteiger partial charge in [-0.3, -0.25) is 0 Å². The van der Waals surface area contributed by atoms with Crippen molar-refractivity contribution >= 4 is 86.2 Å². The topological polar surface area (TPSA) is 0 Å². The summed E-state index contributed by atoms with van der Waals surface area (Å²) >= 11 is 24.7. The van der Waals surface area contributed by atoms with E-state index in [0.29, 0.717) is 20.1 Å². The minimum atomic E-state index is 0.543. The van der Waals surface area contributed by atoms with Crippen molar-refractivity contribution in [3.05, 3.63) is 97.5 Å². The molecule has 0 heterocycles. The molecule has 0 fully saturated rings. The molecule has 4 aromatic rings. The summed E-state index contributed by atoms with van der Waals surface area (Å²) in [6.07, 6.45) is 6.03. The van der Waals surface area contributed by atoms with Crippen LogP contribution in [0.15, 0.2) is 55.1 Å². The van der Waals surface area contributed by atoms with Gasteiger partial charge >= 0.3 is 0 Å². The highest BCUT2D eigenvalue weighted by molar-refractivity contribution is 6.43. The van der Waals surface area contributed by atoms with Gasteiger partial charge in [0.1, 0.15) is 0 Å². The van der Waals surface area contributed by atoms with Gasteiger partial charge in [0.15, 0.2) is 0 Å². The fraction of sp³-hybridized carbons (Fsp3) is 0.0400. The summed E-state index contributed by atoms with van der Waals surface area (Å²) in [5.74, 6) is 0. The van der Waals surface area contributed by atoms with Crippen LogP contribution in [-0.2, 0) is 0 Å². The van der Waals surface area contributed by atoms with E-state index in [-0.39, 0.29) is 0 Å². The van der Waals surface area contributed by atoms with Crippen molar-refractivity contribution in [3.63, 3.8) is 0 Å². The molecule has 0 aliphatic heterocycles. The molecule has 0 aliphatic rings. The highest BCUT2D eigenvalue weighted by atomic mass is 35.5. The van der Waals surface area contributed by atoms with E-state index in [1.807, 2.05) is 30.3 Å². The maximum absolute atomic E-state index is 6.20. The molecule has 0 radical (unpaired) electrons. The van der Waals surface area contributed by atoms with Gasteiger partial charge in [0.05, 0.1) is 20.1 Å². The third kappa shape index (κ3) is 4.04. The van der Waals surface area contributed by atoms with Gasteiger partial charge in [-0.05, 0) is 93.2 Å². The van der Waals surface area contributed by atoms with Gasteiger partial charge in [-0.25, -0.2) is 0 Å². The third-order valence-electron chi connectivity index (χ3n) is 5.01. The van der Waals surface area contributed by atoms with Crippen molar-refractivity contribution in [2.45, 2.75) is 6.92 Å². The smallest absolute Gasteiger partial charge is 0.0598 e. The molecule has 0 saturated heterocycles.